The molecule has 0 spiro atoms. The summed E-state index contributed by atoms with van der Waals surface area (Å²) in [7, 11) is 1.64. The Morgan fingerprint density at radius 1 is 1.26 bits per heavy atom. The van der Waals surface area contributed by atoms with Crippen molar-refractivity contribution in [1.82, 2.24) is 25.4 Å². The van der Waals surface area contributed by atoms with E-state index in [1.807, 2.05) is 24.3 Å². The number of rotatable bonds is 7. The molecule has 1 aromatic heterocycles. The lowest BCUT2D eigenvalue weighted by Crippen LogP contribution is -2.45. The van der Waals surface area contributed by atoms with Crippen molar-refractivity contribution in [3.05, 3.63) is 24.3 Å². The monoisotopic (exact) mass is 387 g/mol. The average Bonchev–Trinajstić information content (AvgIpc) is 3.45. The molecule has 0 bridgehead atoms. The van der Waals surface area contributed by atoms with Crippen molar-refractivity contribution >= 4 is 17.7 Å². The zero-order valence-electron chi connectivity index (χ0n) is 15.5. The largest absolute Gasteiger partial charge is 0.497 e. The number of thioether (sulfide) groups is 1. The van der Waals surface area contributed by atoms with Gasteiger partial charge < -0.3 is 15.0 Å². The summed E-state index contributed by atoms with van der Waals surface area (Å²) < 4.78 is 5.16. The van der Waals surface area contributed by atoms with Gasteiger partial charge in [0.15, 0.2) is 5.82 Å². The molecule has 27 heavy (non-hydrogen) atoms. The molecule has 1 aliphatic carbocycles. The highest BCUT2D eigenvalue weighted by Gasteiger charge is 2.32. The molecule has 2 N–H and O–H groups in total. The van der Waals surface area contributed by atoms with Crippen molar-refractivity contribution in [1.29, 1.82) is 0 Å². The molecule has 2 fully saturated rings. The summed E-state index contributed by atoms with van der Waals surface area (Å²) in [6, 6.07) is 8.74. The molecule has 1 saturated heterocycles. The molecule has 8 heteroatoms. The van der Waals surface area contributed by atoms with Gasteiger partial charge in [0.05, 0.1) is 12.9 Å². The number of nitrogens with zero attached hydrogens (tertiary/aromatic N) is 3. The normalized spacial score (nSPS) is 18.4. The number of amides is 1. The first kappa shape index (κ1) is 18.3. The predicted octanol–water partition coefficient (Wildman–Crippen LogP) is 2.32. The number of carbonyl (C=O) groups excluding carboxylic acids is 1. The van der Waals surface area contributed by atoms with Crippen LogP contribution in [0.4, 0.5) is 0 Å². The predicted molar refractivity (Wildman–Crippen MR) is 105 cm³/mol. The standard InChI is InChI=1S/C19H25N5O2S/c1-26-16-6-2-13(3-7-16)18-21-19(23-22-18)27-12-17(25)20-14-8-10-24(11-9-14)15-4-5-15/h2-3,6-7,14-15H,4-5,8-12H2,1H3,(H,20,25)(H,21,22,23). The second kappa shape index (κ2) is 8.31. The third-order valence-corrected chi connectivity index (χ3v) is 5.97. The van der Waals surface area contributed by atoms with Crippen molar-refractivity contribution in [2.24, 2.45) is 0 Å². The van der Waals surface area contributed by atoms with Gasteiger partial charge in [0.2, 0.25) is 11.1 Å². The average molecular weight is 388 g/mol. The van der Waals surface area contributed by atoms with Crippen LogP contribution in [0.5, 0.6) is 5.75 Å². The van der Waals surface area contributed by atoms with E-state index in [0.29, 0.717) is 22.8 Å². The molecule has 2 aliphatic rings. The molecular formula is C19H25N5O2S. The minimum atomic E-state index is 0.0562. The minimum Gasteiger partial charge on any atom is -0.497 e. The molecule has 2 aromatic rings. The molecule has 2 heterocycles. The zero-order chi connectivity index (χ0) is 18.6. The second-order valence-electron chi connectivity index (χ2n) is 7.09. The zero-order valence-corrected chi connectivity index (χ0v) is 16.3. The van der Waals surface area contributed by atoms with Gasteiger partial charge in [-0.05, 0) is 49.9 Å². The molecule has 1 aromatic carbocycles. The van der Waals surface area contributed by atoms with Crippen LogP contribution in [0.15, 0.2) is 29.4 Å². The molecular weight excluding hydrogens is 362 g/mol. The fourth-order valence-electron chi connectivity index (χ4n) is 3.44. The van der Waals surface area contributed by atoms with Crippen LogP contribution in [0.1, 0.15) is 25.7 Å². The number of methoxy groups -OCH3 is 1. The van der Waals surface area contributed by atoms with Gasteiger partial charge in [-0.3, -0.25) is 9.89 Å². The molecule has 144 valence electrons. The highest BCUT2D eigenvalue weighted by atomic mass is 32.2. The Bertz CT molecular complexity index is 767. The summed E-state index contributed by atoms with van der Waals surface area (Å²) in [6.07, 6.45) is 4.80. The molecule has 7 nitrogen and oxygen atoms in total. The lowest BCUT2D eigenvalue weighted by atomic mass is 10.1. The van der Waals surface area contributed by atoms with Gasteiger partial charge in [0, 0.05) is 30.7 Å². The van der Waals surface area contributed by atoms with E-state index in [4.69, 9.17) is 4.74 Å². The Morgan fingerprint density at radius 2 is 2.00 bits per heavy atom. The molecule has 0 unspecified atom stereocenters. The number of H-pyrrole nitrogens is 1. The third kappa shape index (κ3) is 4.81. The van der Waals surface area contributed by atoms with E-state index < -0.39 is 0 Å². The van der Waals surface area contributed by atoms with Gasteiger partial charge in [0.25, 0.3) is 0 Å². The first-order valence-electron chi connectivity index (χ1n) is 9.44. The number of benzene rings is 1. The maximum absolute atomic E-state index is 12.2. The van der Waals surface area contributed by atoms with Crippen LogP contribution in [0.3, 0.4) is 0 Å². The van der Waals surface area contributed by atoms with E-state index in [2.05, 4.69) is 25.4 Å². The molecule has 1 aliphatic heterocycles. The first-order chi connectivity index (χ1) is 13.2. The number of piperidine rings is 1. The van der Waals surface area contributed by atoms with Crippen LogP contribution < -0.4 is 10.1 Å². The number of likely N-dealkylation sites (tertiary alicyclic amines) is 1. The van der Waals surface area contributed by atoms with E-state index in [1.54, 1.807) is 7.11 Å². The van der Waals surface area contributed by atoms with Crippen LogP contribution in [0, 0.1) is 0 Å². The number of hydrogen-bond donors (Lipinski definition) is 2. The quantitative estimate of drug-likeness (QED) is 0.710. The lowest BCUT2D eigenvalue weighted by Gasteiger charge is -2.32. The van der Waals surface area contributed by atoms with Gasteiger partial charge in [-0.1, -0.05) is 11.8 Å². The number of aromatic amines is 1. The Morgan fingerprint density at radius 3 is 2.67 bits per heavy atom. The Kier molecular flexibility index (Phi) is 5.63. The number of aromatic nitrogens is 3. The number of nitrogens with one attached hydrogen (secondary N) is 2. The second-order valence-corrected chi connectivity index (χ2v) is 8.04. The maximum Gasteiger partial charge on any atom is 0.230 e. The maximum atomic E-state index is 12.2. The van der Waals surface area contributed by atoms with E-state index in [0.717, 1.165) is 43.3 Å². The van der Waals surface area contributed by atoms with E-state index in [9.17, 15) is 4.79 Å². The van der Waals surface area contributed by atoms with E-state index in [1.165, 1.54) is 24.6 Å². The van der Waals surface area contributed by atoms with Crippen LogP contribution in [-0.2, 0) is 4.79 Å². The van der Waals surface area contributed by atoms with E-state index >= 15 is 0 Å². The summed E-state index contributed by atoms with van der Waals surface area (Å²) in [5.41, 5.74) is 0.932. The Balaban J connectivity index is 1.22. The molecule has 0 radical (unpaired) electrons. The summed E-state index contributed by atoms with van der Waals surface area (Å²) >= 11 is 1.36. The van der Waals surface area contributed by atoms with Crippen LogP contribution in [0.25, 0.3) is 11.4 Å². The third-order valence-electron chi connectivity index (χ3n) is 5.12. The van der Waals surface area contributed by atoms with Gasteiger partial charge in [-0.2, -0.15) is 0 Å². The van der Waals surface area contributed by atoms with Gasteiger partial charge >= 0.3 is 0 Å². The molecule has 1 saturated carbocycles. The van der Waals surface area contributed by atoms with Crippen molar-refractivity contribution in [3.63, 3.8) is 0 Å². The first-order valence-corrected chi connectivity index (χ1v) is 10.4. The molecule has 4 rings (SSSR count). The van der Waals surface area contributed by atoms with Crippen LogP contribution in [-0.4, -0.2) is 64.0 Å². The molecule has 0 atom stereocenters. The van der Waals surface area contributed by atoms with Gasteiger partial charge in [-0.15, -0.1) is 5.10 Å². The minimum absolute atomic E-state index is 0.0562. The summed E-state index contributed by atoms with van der Waals surface area (Å²) in [4.78, 5) is 19.3. The highest BCUT2D eigenvalue weighted by Crippen LogP contribution is 2.29. The van der Waals surface area contributed by atoms with E-state index in [-0.39, 0.29) is 5.91 Å². The van der Waals surface area contributed by atoms with Crippen molar-refractivity contribution in [2.75, 3.05) is 26.0 Å². The molecule has 1 amide bonds. The Hall–Kier alpha value is -2.06. The summed E-state index contributed by atoms with van der Waals surface area (Å²) in [5.74, 6) is 1.88. The summed E-state index contributed by atoms with van der Waals surface area (Å²) in [5, 5.41) is 10.9. The fraction of sp³-hybridized carbons (Fsp3) is 0.526. The SMILES string of the molecule is COc1ccc(-c2nc(SCC(=O)NC3CCN(C4CC4)CC3)n[nH]2)cc1. The van der Waals surface area contributed by atoms with Gasteiger partial charge in [0.1, 0.15) is 5.75 Å². The highest BCUT2D eigenvalue weighted by molar-refractivity contribution is 7.99. The fourth-order valence-corrected chi connectivity index (χ4v) is 4.05. The summed E-state index contributed by atoms with van der Waals surface area (Å²) in [6.45, 7) is 2.21. The van der Waals surface area contributed by atoms with Gasteiger partial charge in [-0.25, -0.2) is 4.98 Å². The van der Waals surface area contributed by atoms with Crippen molar-refractivity contribution in [3.8, 4) is 17.1 Å². The van der Waals surface area contributed by atoms with Crippen molar-refractivity contribution < 1.29 is 9.53 Å². The number of hydrogen-bond acceptors (Lipinski definition) is 6. The number of ether oxygens (including phenoxy) is 1. The Labute approximate surface area is 163 Å². The number of carbonyl (C=O) groups is 1. The van der Waals surface area contributed by atoms with Crippen LogP contribution >= 0.6 is 11.8 Å². The van der Waals surface area contributed by atoms with Crippen molar-refractivity contribution in [2.45, 2.75) is 42.9 Å². The smallest absolute Gasteiger partial charge is 0.230 e. The topological polar surface area (TPSA) is 83.1 Å². The lowest BCUT2D eigenvalue weighted by molar-refractivity contribution is -0.119. The van der Waals surface area contributed by atoms with Crippen LogP contribution in [0.2, 0.25) is 0 Å².